The molecule has 0 aromatic carbocycles. The van der Waals surface area contributed by atoms with Crippen LogP contribution in [-0.2, 0) is 11.2 Å². The predicted molar refractivity (Wildman–Crippen MR) is 74.3 cm³/mol. The van der Waals surface area contributed by atoms with Gasteiger partial charge in [-0.25, -0.2) is 0 Å². The zero-order valence-electron chi connectivity index (χ0n) is 10.6. The Kier molecular flexibility index (Phi) is 4.19. The molecule has 0 radical (unpaired) electrons. The molecular formula is C12H18N2O2S2. The van der Waals surface area contributed by atoms with Gasteiger partial charge in [-0.05, 0) is 32.5 Å². The van der Waals surface area contributed by atoms with E-state index >= 15 is 0 Å². The third-order valence-corrected chi connectivity index (χ3v) is 4.83. The van der Waals surface area contributed by atoms with Gasteiger partial charge in [0.15, 0.2) is 3.95 Å². The monoisotopic (exact) mass is 286 g/mol. The van der Waals surface area contributed by atoms with Gasteiger partial charge >= 0.3 is 0 Å². The van der Waals surface area contributed by atoms with Crippen molar-refractivity contribution in [2.45, 2.75) is 32.8 Å². The number of aromatic nitrogens is 1. The molecular weight excluding hydrogens is 268 g/mol. The van der Waals surface area contributed by atoms with Gasteiger partial charge < -0.3 is 15.0 Å². The molecule has 1 aromatic rings. The van der Waals surface area contributed by atoms with Crippen molar-refractivity contribution in [3.63, 3.8) is 0 Å². The number of aryl methyl sites for hydroxylation is 1. The van der Waals surface area contributed by atoms with Crippen LogP contribution in [0.15, 0.2) is 0 Å². The molecule has 2 unspecified atom stereocenters. The molecule has 1 amide bonds. The fourth-order valence-electron chi connectivity index (χ4n) is 2.26. The maximum absolute atomic E-state index is 12.1. The van der Waals surface area contributed by atoms with Crippen molar-refractivity contribution in [3.8, 4) is 0 Å². The highest BCUT2D eigenvalue weighted by atomic mass is 32.1. The smallest absolute Gasteiger partial charge is 0.227 e. The Hall–Kier alpha value is -0.720. The summed E-state index contributed by atoms with van der Waals surface area (Å²) in [5.41, 5.74) is 0.990. The van der Waals surface area contributed by atoms with E-state index < -0.39 is 0 Å². The maximum atomic E-state index is 12.1. The fraction of sp³-hybridized carbons (Fsp3) is 0.667. The molecule has 0 aliphatic carbocycles. The van der Waals surface area contributed by atoms with E-state index in [9.17, 15) is 9.90 Å². The van der Waals surface area contributed by atoms with E-state index in [1.54, 1.807) is 6.92 Å². The van der Waals surface area contributed by atoms with Crippen LogP contribution >= 0.6 is 23.6 Å². The number of aliphatic hydroxyl groups is 1. The minimum Gasteiger partial charge on any atom is -0.393 e. The van der Waals surface area contributed by atoms with Crippen LogP contribution in [0.1, 0.15) is 23.9 Å². The van der Waals surface area contributed by atoms with Crippen molar-refractivity contribution in [1.82, 2.24) is 9.88 Å². The number of aliphatic hydroxyl groups excluding tert-OH is 1. The van der Waals surface area contributed by atoms with Gasteiger partial charge in [-0.3, -0.25) is 4.79 Å². The molecule has 1 aromatic heterocycles. The van der Waals surface area contributed by atoms with E-state index in [0.717, 1.165) is 27.5 Å². The van der Waals surface area contributed by atoms with Gasteiger partial charge in [0.2, 0.25) is 5.91 Å². The molecule has 4 nitrogen and oxygen atoms in total. The predicted octanol–water partition coefficient (Wildman–Crippen LogP) is 1.89. The summed E-state index contributed by atoms with van der Waals surface area (Å²) in [5.74, 6) is 0.353. The molecule has 1 fully saturated rings. The molecule has 2 heterocycles. The number of nitrogens with one attached hydrogen (secondary N) is 1. The minimum atomic E-state index is -0.334. The first-order chi connectivity index (χ1) is 8.47. The van der Waals surface area contributed by atoms with Gasteiger partial charge in [-0.2, -0.15) is 0 Å². The van der Waals surface area contributed by atoms with Crippen molar-refractivity contribution in [2.24, 2.45) is 5.92 Å². The van der Waals surface area contributed by atoms with Crippen LogP contribution in [0.25, 0.3) is 0 Å². The first-order valence-electron chi connectivity index (χ1n) is 6.12. The first-order valence-corrected chi connectivity index (χ1v) is 7.34. The Morgan fingerprint density at radius 2 is 2.44 bits per heavy atom. The second-order valence-electron chi connectivity index (χ2n) is 4.87. The van der Waals surface area contributed by atoms with E-state index in [2.05, 4.69) is 4.98 Å². The average molecular weight is 286 g/mol. The zero-order chi connectivity index (χ0) is 13.3. The third kappa shape index (κ3) is 2.99. The van der Waals surface area contributed by atoms with E-state index in [1.807, 2.05) is 11.8 Å². The highest BCUT2D eigenvalue weighted by Crippen LogP contribution is 2.22. The van der Waals surface area contributed by atoms with Crippen LogP contribution in [0.5, 0.6) is 0 Å². The van der Waals surface area contributed by atoms with Crippen LogP contribution < -0.4 is 0 Å². The van der Waals surface area contributed by atoms with Crippen LogP contribution in [0.2, 0.25) is 0 Å². The summed E-state index contributed by atoms with van der Waals surface area (Å²) in [6, 6.07) is 0. The molecule has 2 atom stereocenters. The van der Waals surface area contributed by atoms with Gasteiger partial charge in [0.25, 0.3) is 0 Å². The third-order valence-electron chi connectivity index (χ3n) is 3.50. The molecule has 2 rings (SSSR count). The first kappa shape index (κ1) is 13.7. The summed E-state index contributed by atoms with van der Waals surface area (Å²) in [6.45, 7) is 5.16. The van der Waals surface area contributed by atoms with Crippen LogP contribution in [-0.4, -0.2) is 40.1 Å². The Morgan fingerprint density at radius 3 is 2.94 bits per heavy atom. The summed E-state index contributed by atoms with van der Waals surface area (Å²) in [5, 5.41) is 9.53. The summed E-state index contributed by atoms with van der Waals surface area (Å²) in [4.78, 5) is 18.1. The number of hydrogen-bond acceptors (Lipinski definition) is 4. The summed E-state index contributed by atoms with van der Waals surface area (Å²) in [6.07, 6.45) is 0.973. The van der Waals surface area contributed by atoms with E-state index in [1.165, 1.54) is 11.3 Å². The Bertz CT molecular complexity index is 493. The van der Waals surface area contributed by atoms with Gasteiger partial charge in [0.05, 0.1) is 12.5 Å². The van der Waals surface area contributed by atoms with E-state index in [4.69, 9.17) is 12.2 Å². The Labute approximate surface area is 116 Å². The van der Waals surface area contributed by atoms with Crippen molar-refractivity contribution in [2.75, 3.05) is 13.1 Å². The van der Waals surface area contributed by atoms with E-state index in [-0.39, 0.29) is 17.9 Å². The quantitative estimate of drug-likeness (QED) is 0.834. The van der Waals surface area contributed by atoms with Crippen LogP contribution in [0.4, 0.5) is 0 Å². The number of carbonyl (C=O) groups excluding carboxylic acids is 1. The number of hydrogen-bond donors (Lipinski definition) is 2. The fourth-order valence-corrected chi connectivity index (χ4v) is 3.54. The highest BCUT2D eigenvalue weighted by Gasteiger charge is 2.29. The number of carbonyl (C=O) groups is 1. The molecule has 0 bridgehead atoms. The lowest BCUT2D eigenvalue weighted by atomic mass is 10.0. The number of thiazole rings is 1. The van der Waals surface area contributed by atoms with Gasteiger partial charge in [-0.15, -0.1) is 11.3 Å². The number of likely N-dealkylation sites (tertiary alicyclic amines) is 1. The lowest BCUT2D eigenvalue weighted by Gasteiger charge is -2.17. The van der Waals surface area contributed by atoms with E-state index in [0.29, 0.717) is 13.0 Å². The Morgan fingerprint density at radius 1 is 1.72 bits per heavy atom. The van der Waals surface area contributed by atoms with Crippen LogP contribution in [0.3, 0.4) is 0 Å². The minimum absolute atomic E-state index is 0.131. The van der Waals surface area contributed by atoms with Crippen LogP contribution in [0, 0.1) is 16.8 Å². The standard InChI is InChI=1S/C12H18N2O2S2/c1-7-10(18-12(17)13-7)5-11(16)14-4-3-9(6-14)8(2)15/h8-9,15H,3-6H2,1-2H3,(H,13,17). The van der Waals surface area contributed by atoms with Crippen molar-refractivity contribution >= 4 is 29.5 Å². The Balaban J connectivity index is 1.97. The summed E-state index contributed by atoms with van der Waals surface area (Å²) >= 11 is 6.54. The second kappa shape index (κ2) is 5.50. The van der Waals surface area contributed by atoms with Gasteiger partial charge in [0, 0.05) is 29.6 Å². The number of aromatic amines is 1. The summed E-state index contributed by atoms with van der Waals surface area (Å²) in [7, 11) is 0. The van der Waals surface area contributed by atoms with Crippen molar-refractivity contribution in [3.05, 3.63) is 14.5 Å². The molecule has 0 saturated carbocycles. The summed E-state index contributed by atoms with van der Waals surface area (Å²) < 4.78 is 0.721. The number of H-pyrrole nitrogens is 1. The molecule has 1 aliphatic rings. The van der Waals surface area contributed by atoms with Crippen molar-refractivity contribution < 1.29 is 9.90 Å². The van der Waals surface area contributed by atoms with Crippen molar-refractivity contribution in [1.29, 1.82) is 0 Å². The lowest BCUT2D eigenvalue weighted by molar-refractivity contribution is -0.129. The molecule has 1 saturated heterocycles. The number of rotatable bonds is 3. The lowest BCUT2D eigenvalue weighted by Crippen LogP contribution is -2.31. The maximum Gasteiger partial charge on any atom is 0.227 e. The molecule has 2 N–H and O–H groups in total. The molecule has 0 spiro atoms. The second-order valence-corrected chi connectivity index (χ2v) is 6.64. The normalized spacial score (nSPS) is 21.3. The SMILES string of the molecule is Cc1[nH]c(=S)sc1CC(=O)N1CCC(C(C)O)C1. The highest BCUT2D eigenvalue weighted by molar-refractivity contribution is 7.73. The topological polar surface area (TPSA) is 56.3 Å². The molecule has 6 heteroatoms. The van der Waals surface area contributed by atoms with Gasteiger partial charge in [0.1, 0.15) is 0 Å². The molecule has 1 aliphatic heterocycles. The molecule has 18 heavy (non-hydrogen) atoms. The number of nitrogens with zero attached hydrogens (tertiary/aromatic N) is 1. The largest absolute Gasteiger partial charge is 0.393 e. The zero-order valence-corrected chi connectivity index (χ0v) is 12.2. The van der Waals surface area contributed by atoms with Gasteiger partial charge in [-0.1, -0.05) is 0 Å². The average Bonchev–Trinajstić information content (AvgIpc) is 2.86. The molecule has 100 valence electrons. The number of amides is 1.